The maximum Gasteiger partial charge on any atom is 0.184 e. The van der Waals surface area contributed by atoms with Gasteiger partial charge in [0.25, 0.3) is 0 Å². The van der Waals surface area contributed by atoms with E-state index in [-0.39, 0.29) is 17.3 Å². The molecular formula is C15H21NO2. The minimum absolute atomic E-state index is 0.0254. The van der Waals surface area contributed by atoms with Crippen LogP contribution in [0.2, 0.25) is 0 Å². The van der Waals surface area contributed by atoms with Crippen molar-refractivity contribution in [3.8, 4) is 0 Å². The van der Waals surface area contributed by atoms with Gasteiger partial charge in [-0.25, -0.2) is 0 Å². The van der Waals surface area contributed by atoms with E-state index in [0.29, 0.717) is 12.3 Å². The number of carbonyl (C=O) groups is 1. The molecule has 0 aromatic carbocycles. The molecule has 0 saturated heterocycles. The van der Waals surface area contributed by atoms with Crippen molar-refractivity contribution in [2.45, 2.75) is 52.7 Å². The topological polar surface area (TPSA) is 39.2 Å². The Bertz CT molecular complexity index is 470. The van der Waals surface area contributed by atoms with Crippen molar-refractivity contribution in [1.29, 1.82) is 0 Å². The van der Waals surface area contributed by atoms with Gasteiger partial charge >= 0.3 is 0 Å². The molecule has 2 heterocycles. The predicted molar refractivity (Wildman–Crippen MR) is 70.5 cm³/mol. The fourth-order valence-electron chi connectivity index (χ4n) is 2.37. The molecule has 1 aliphatic heterocycles. The second-order valence-corrected chi connectivity index (χ2v) is 5.23. The molecule has 0 amide bonds. The molecule has 98 valence electrons. The van der Waals surface area contributed by atoms with Crippen LogP contribution in [0, 0.1) is 5.92 Å². The number of hydrogen-bond donors (Lipinski definition) is 0. The zero-order chi connectivity index (χ0) is 13.3. The van der Waals surface area contributed by atoms with Gasteiger partial charge < -0.3 is 4.74 Å². The average molecular weight is 247 g/mol. The molecule has 0 spiro atoms. The summed E-state index contributed by atoms with van der Waals surface area (Å²) in [5, 5.41) is 0. The van der Waals surface area contributed by atoms with Gasteiger partial charge in [0, 0.05) is 17.7 Å². The van der Waals surface area contributed by atoms with Crippen LogP contribution in [-0.2, 0) is 16.9 Å². The van der Waals surface area contributed by atoms with Crippen LogP contribution >= 0.6 is 0 Å². The van der Waals surface area contributed by atoms with Crippen LogP contribution in [0.4, 0.5) is 0 Å². The van der Waals surface area contributed by atoms with Gasteiger partial charge in [-0.3, -0.25) is 9.78 Å². The first kappa shape index (κ1) is 13.2. The standard InChI is InChI=1S/C15H21NO2/c1-5-10(3)14(17)13-11-9-18-15(4,6-2)12(11)7-8-16-13/h7-8,10H,5-6,9H2,1-4H3. The van der Waals surface area contributed by atoms with E-state index in [1.54, 1.807) is 6.20 Å². The molecule has 0 saturated carbocycles. The van der Waals surface area contributed by atoms with Crippen LogP contribution in [0.25, 0.3) is 0 Å². The highest BCUT2D eigenvalue weighted by Crippen LogP contribution is 2.39. The fraction of sp³-hybridized carbons (Fsp3) is 0.600. The first-order valence-electron chi connectivity index (χ1n) is 6.70. The summed E-state index contributed by atoms with van der Waals surface area (Å²) in [7, 11) is 0. The summed E-state index contributed by atoms with van der Waals surface area (Å²) in [5.41, 5.74) is 2.47. The molecular weight excluding hydrogens is 226 g/mol. The first-order chi connectivity index (χ1) is 8.53. The number of rotatable bonds is 4. The van der Waals surface area contributed by atoms with Gasteiger partial charge in [-0.05, 0) is 31.4 Å². The number of hydrogen-bond acceptors (Lipinski definition) is 3. The van der Waals surface area contributed by atoms with Crippen LogP contribution < -0.4 is 0 Å². The Balaban J connectivity index is 2.45. The zero-order valence-corrected chi connectivity index (χ0v) is 11.6. The highest BCUT2D eigenvalue weighted by Gasteiger charge is 2.36. The van der Waals surface area contributed by atoms with E-state index >= 15 is 0 Å². The van der Waals surface area contributed by atoms with E-state index < -0.39 is 0 Å². The van der Waals surface area contributed by atoms with Crippen molar-refractivity contribution in [1.82, 2.24) is 4.98 Å². The molecule has 1 aromatic rings. The largest absolute Gasteiger partial charge is 0.366 e. The number of ether oxygens (including phenoxy) is 1. The molecule has 0 radical (unpaired) electrons. The van der Waals surface area contributed by atoms with Crippen molar-refractivity contribution < 1.29 is 9.53 Å². The highest BCUT2D eigenvalue weighted by molar-refractivity contribution is 5.97. The summed E-state index contributed by atoms with van der Waals surface area (Å²) in [6.07, 6.45) is 3.48. The van der Waals surface area contributed by atoms with Gasteiger partial charge in [0.2, 0.25) is 0 Å². The number of fused-ring (bicyclic) bond motifs is 1. The molecule has 1 aliphatic rings. The summed E-state index contributed by atoms with van der Waals surface area (Å²) in [5.74, 6) is 0.163. The molecule has 3 nitrogen and oxygen atoms in total. The number of nitrogens with zero attached hydrogens (tertiary/aromatic N) is 1. The summed E-state index contributed by atoms with van der Waals surface area (Å²) in [6.45, 7) is 8.67. The Hall–Kier alpha value is -1.22. The van der Waals surface area contributed by atoms with E-state index in [2.05, 4.69) is 18.8 Å². The van der Waals surface area contributed by atoms with Gasteiger partial charge in [0.05, 0.1) is 12.2 Å². The first-order valence-corrected chi connectivity index (χ1v) is 6.70. The van der Waals surface area contributed by atoms with Gasteiger partial charge in [-0.2, -0.15) is 0 Å². The monoisotopic (exact) mass is 247 g/mol. The second kappa shape index (κ2) is 4.81. The van der Waals surface area contributed by atoms with Crippen molar-refractivity contribution in [3.05, 3.63) is 29.1 Å². The van der Waals surface area contributed by atoms with Gasteiger partial charge in [-0.15, -0.1) is 0 Å². The summed E-state index contributed by atoms with van der Waals surface area (Å²) in [4.78, 5) is 16.6. The van der Waals surface area contributed by atoms with Crippen molar-refractivity contribution >= 4 is 5.78 Å². The quantitative estimate of drug-likeness (QED) is 0.765. The van der Waals surface area contributed by atoms with Gasteiger partial charge in [-0.1, -0.05) is 20.8 Å². The van der Waals surface area contributed by atoms with Crippen LogP contribution in [0.15, 0.2) is 12.3 Å². The van der Waals surface area contributed by atoms with Gasteiger partial charge in [0.1, 0.15) is 5.69 Å². The maximum absolute atomic E-state index is 12.3. The van der Waals surface area contributed by atoms with Crippen molar-refractivity contribution in [2.24, 2.45) is 5.92 Å². The molecule has 0 fully saturated rings. The minimum atomic E-state index is -0.261. The summed E-state index contributed by atoms with van der Waals surface area (Å²) < 4.78 is 5.87. The molecule has 0 N–H and O–H groups in total. The Morgan fingerprint density at radius 1 is 1.56 bits per heavy atom. The van der Waals surface area contributed by atoms with Crippen LogP contribution in [0.1, 0.15) is 62.2 Å². The third-order valence-electron chi connectivity index (χ3n) is 4.13. The molecule has 18 heavy (non-hydrogen) atoms. The maximum atomic E-state index is 12.3. The van der Waals surface area contributed by atoms with Crippen LogP contribution in [-0.4, -0.2) is 10.8 Å². The lowest BCUT2D eigenvalue weighted by molar-refractivity contribution is -0.0260. The summed E-state index contributed by atoms with van der Waals surface area (Å²) in [6, 6.07) is 1.99. The highest BCUT2D eigenvalue weighted by atomic mass is 16.5. The smallest absolute Gasteiger partial charge is 0.184 e. The Kier molecular flexibility index (Phi) is 3.53. The van der Waals surface area contributed by atoms with E-state index in [0.717, 1.165) is 24.0 Å². The third kappa shape index (κ3) is 1.97. The Morgan fingerprint density at radius 3 is 2.89 bits per heavy atom. The molecule has 2 unspecified atom stereocenters. The lowest BCUT2D eigenvalue weighted by Crippen LogP contribution is -2.20. The molecule has 0 bridgehead atoms. The minimum Gasteiger partial charge on any atom is -0.366 e. The molecule has 1 aromatic heterocycles. The number of carbonyl (C=O) groups excluding carboxylic acids is 1. The predicted octanol–water partition coefficient (Wildman–Crippen LogP) is 3.47. The van der Waals surface area contributed by atoms with E-state index in [4.69, 9.17) is 4.74 Å². The van der Waals surface area contributed by atoms with E-state index in [9.17, 15) is 4.79 Å². The second-order valence-electron chi connectivity index (χ2n) is 5.23. The molecule has 2 atom stereocenters. The number of ketones is 1. The van der Waals surface area contributed by atoms with Crippen molar-refractivity contribution in [3.63, 3.8) is 0 Å². The van der Waals surface area contributed by atoms with E-state index in [1.807, 2.05) is 19.9 Å². The lowest BCUT2D eigenvalue weighted by atomic mass is 9.89. The Labute approximate surface area is 109 Å². The zero-order valence-electron chi connectivity index (χ0n) is 11.6. The van der Waals surface area contributed by atoms with E-state index in [1.165, 1.54) is 0 Å². The third-order valence-corrected chi connectivity index (χ3v) is 4.13. The number of aromatic nitrogens is 1. The SMILES string of the molecule is CCC(C)C(=O)c1nccc2c1COC2(C)CC. The molecule has 2 rings (SSSR count). The number of Topliss-reactive ketones (excluding diaryl/α,β-unsaturated/α-hetero) is 1. The van der Waals surface area contributed by atoms with Gasteiger partial charge in [0.15, 0.2) is 5.78 Å². The molecule has 3 heteroatoms. The van der Waals surface area contributed by atoms with Crippen molar-refractivity contribution in [2.75, 3.05) is 0 Å². The fourth-order valence-corrected chi connectivity index (χ4v) is 2.37. The summed E-state index contributed by atoms with van der Waals surface area (Å²) >= 11 is 0. The average Bonchev–Trinajstić information content (AvgIpc) is 2.75. The number of pyridine rings is 1. The normalized spacial score (nSPS) is 23.8. The van der Waals surface area contributed by atoms with Crippen LogP contribution in [0.3, 0.4) is 0 Å². The Morgan fingerprint density at radius 2 is 2.28 bits per heavy atom. The lowest BCUT2D eigenvalue weighted by Gasteiger charge is -2.22. The van der Waals surface area contributed by atoms with Crippen LogP contribution in [0.5, 0.6) is 0 Å². The molecule has 0 aliphatic carbocycles.